The quantitative estimate of drug-likeness (QED) is 0.672. The molecule has 0 saturated carbocycles. The van der Waals surface area contributed by atoms with Crippen LogP contribution in [0.15, 0.2) is 22.8 Å². The van der Waals surface area contributed by atoms with Crippen molar-refractivity contribution in [2.24, 2.45) is 0 Å². The van der Waals surface area contributed by atoms with Crippen molar-refractivity contribution in [1.29, 1.82) is 0 Å². The Bertz CT molecular complexity index is 682. The minimum absolute atomic E-state index is 0.0286. The predicted molar refractivity (Wildman–Crippen MR) is 97.4 cm³/mol. The lowest BCUT2D eigenvalue weighted by Gasteiger charge is -2.31. The topological polar surface area (TPSA) is 80.1 Å². The van der Waals surface area contributed by atoms with Crippen molar-refractivity contribution in [3.05, 3.63) is 24.2 Å². The third-order valence-electron chi connectivity index (χ3n) is 5.11. The molecular formula is C18H28N2O5S. The lowest BCUT2D eigenvalue weighted by molar-refractivity contribution is -0.134. The van der Waals surface area contributed by atoms with Gasteiger partial charge in [0.15, 0.2) is 9.84 Å². The normalized spacial score (nSPS) is 25.0. The maximum atomic E-state index is 12.9. The van der Waals surface area contributed by atoms with Gasteiger partial charge in [-0.2, -0.15) is 0 Å². The summed E-state index contributed by atoms with van der Waals surface area (Å²) in [6, 6.07) is 3.53. The molecule has 3 heterocycles. The van der Waals surface area contributed by atoms with Gasteiger partial charge in [0, 0.05) is 25.7 Å². The van der Waals surface area contributed by atoms with Crippen LogP contribution in [0.5, 0.6) is 0 Å². The second kappa shape index (κ2) is 8.54. The molecule has 1 amide bonds. The van der Waals surface area contributed by atoms with Crippen LogP contribution in [0, 0.1) is 0 Å². The number of sulfone groups is 1. The summed E-state index contributed by atoms with van der Waals surface area (Å²) in [5, 5.41) is 0. The number of furan rings is 1. The number of likely N-dealkylation sites (N-methyl/N-ethyl adjacent to an activating group) is 1. The van der Waals surface area contributed by atoms with Crippen molar-refractivity contribution in [1.82, 2.24) is 9.80 Å². The van der Waals surface area contributed by atoms with Gasteiger partial charge in [-0.25, -0.2) is 8.42 Å². The van der Waals surface area contributed by atoms with Gasteiger partial charge in [-0.3, -0.25) is 9.69 Å². The molecule has 0 spiro atoms. The first-order valence-corrected chi connectivity index (χ1v) is 11.1. The van der Waals surface area contributed by atoms with E-state index in [1.165, 1.54) is 0 Å². The van der Waals surface area contributed by atoms with Crippen LogP contribution in [0.1, 0.15) is 31.9 Å². The molecule has 7 nitrogen and oxygen atoms in total. The van der Waals surface area contributed by atoms with Crippen molar-refractivity contribution in [2.45, 2.75) is 44.9 Å². The van der Waals surface area contributed by atoms with E-state index in [2.05, 4.69) is 0 Å². The predicted octanol–water partition coefficient (Wildman–Crippen LogP) is 1.30. The maximum Gasteiger partial charge on any atom is 0.237 e. The zero-order chi connectivity index (χ0) is 18.6. The van der Waals surface area contributed by atoms with Crippen LogP contribution >= 0.6 is 0 Å². The van der Waals surface area contributed by atoms with Gasteiger partial charge in [0.05, 0.1) is 37.0 Å². The number of carbonyl (C=O) groups is 1. The highest BCUT2D eigenvalue weighted by molar-refractivity contribution is 7.91. The molecule has 0 radical (unpaired) electrons. The SMILES string of the molecule is CCN(C(=O)CN(Cc1ccco1)CC1CCCO1)C1CCS(=O)(=O)C1. The van der Waals surface area contributed by atoms with E-state index < -0.39 is 9.84 Å². The van der Waals surface area contributed by atoms with Gasteiger partial charge >= 0.3 is 0 Å². The van der Waals surface area contributed by atoms with Gasteiger partial charge < -0.3 is 14.1 Å². The average Bonchev–Trinajstić information content (AvgIpc) is 3.31. The van der Waals surface area contributed by atoms with Gasteiger partial charge in [0.1, 0.15) is 5.76 Å². The summed E-state index contributed by atoms with van der Waals surface area (Å²) >= 11 is 0. The molecule has 2 unspecified atom stereocenters. The molecule has 2 fully saturated rings. The minimum Gasteiger partial charge on any atom is -0.468 e. The Hall–Kier alpha value is -1.38. The summed E-state index contributed by atoms with van der Waals surface area (Å²) in [5.41, 5.74) is 0. The van der Waals surface area contributed by atoms with Crippen LogP contribution in [0.3, 0.4) is 0 Å². The molecule has 26 heavy (non-hydrogen) atoms. The number of nitrogens with zero attached hydrogens (tertiary/aromatic N) is 2. The van der Waals surface area contributed by atoms with Crippen LogP contribution in [-0.4, -0.2) is 74.0 Å². The van der Waals surface area contributed by atoms with Crippen molar-refractivity contribution in [3.63, 3.8) is 0 Å². The van der Waals surface area contributed by atoms with Crippen molar-refractivity contribution >= 4 is 15.7 Å². The van der Waals surface area contributed by atoms with E-state index in [1.807, 2.05) is 24.0 Å². The zero-order valence-corrected chi connectivity index (χ0v) is 16.1. The van der Waals surface area contributed by atoms with E-state index >= 15 is 0 Å². The summed E-state index contributed by atoms with van der Waals surface area (Å²) < 4.78 is 34.7. The van der Waals surface area contributed by atoms with E-state index in [0.717, 1.165) is 25.2 Å². The molecule has 146 valence electrons. The molecule has 2 aliphatic rings. The molecule has 0 bridgehead atoms. The Morgan fingerprint density at radius 1 is 1.35 bits per heavy atom. The second-order valence-corrected chi connectivity index (χ2v) is 9.35. The fourth-order valence-corrected chi connectivity index (χ4v) is 5.56. The van der Waals surface area contributed by atoms with Gasteiger partial charge in [-0.15, -0.1) is 0 Å². The second-order valence-electron chi connectivity index (χ2n) is 7.12. The summed E-state index contributed by atoms with van der Waals surface area (Å²) in [6.07, 6.45) is 4.35. The minimum atomic E-state index is -3.01. The van der Waals surface area contributed by atoms with Crippen molar-refractivity contribution in [3.8, 4) is 0 Å². The van der Waals surface area contributed by atoms with Gasteiger partial charge in [0.25, 0.3) is 0 Å². The molecule has 0 aromatic carbocycles. The highest BCUT2D eigenvalue weighted by Gasteiger charge is 2.34. The monoisotopic (exact) mass is 384 g/mol. The third-order valence-corrected chi connectivity index (χ3v) is 6.86. The summed E-state index contributed by atoms with van der Waals surface area (Å²) in [4.78, 5) is 16.7. The Balaban J connectivity index is 1.64. The van der Waals surface area contributed by atoms with Crippen LogP contribution in [-0.2, 0) is 25.9 Å². The molecule has 0 N–H and O–H groups in total. The fourth-order valence-electron chi connectivity index (χ4n) is 3.83. The highest BCUT2D eigenvalue weighted by Crippen LogP contribution is 2.19. The fraction of sp³-hybridized carbons (Fsp3) is 0.722. The lowest BCUT2D eigenvalue weighted by Crippen LogP contribution is -2.47. The van der Waals surface area contributed by atoms with Crippen molar-refractivity contribution < 1.29 is 22.4 Å². The van der Waals surface area contributed by atoms with Gasteiger partial charge in [-0.1, -0.05) is 0 Å². The number of amides is 1. The average molecular weight is 384 g/mol. The molecule has 3 rings (SSSR count). The van der Waals surface area contributed by atoms with E-state index in [1.54, 1.807) is 11.2 Å². The van der Waals surface area contributed by atoms with E-state index in [4.69, 9.17) is 9.15 Å². The van der Waals surface area contributed by atoms with E-state index in [0.29, 0.717) is 26.1 Å². The third kappa shape index (κ3) is 5.08. The standard InChI is InChI=1S/C18H28N2O5S/c1-2-20(15-7-10-26(22,23)14-15)18(21)13-19(11-16-5-3-8-24-16)12-17-6-4-9-25-17/h3,5,8,15,17H,2,4,6-7,9-14H2,1H3. The molecule has 0 aliphatic carbocycles. The summed E-state index contributed by atoms with van der Waals surface area (Å²) in [5.74, 6) is 1.03. The molecule has 2 aliphatic heterocycles. The van der Waals surface area contributed by atoms with Gasteiger partial charge in [0.2, 0.25) is 5.91 Å². The number of carbonyl (C=O) groups excluding carboxylic acids is 1. The van der Waals surface area contributed by atoms with Crippen LogP contribution < -0.4 is 0 Å². The number of hydrogen-bond acceptors (Lipinski definition) is 6. The first-order valence-electron chi connectivity index (χ1n) is 9.33. The van der Waals surface area contributed by atoms with Crippen molar-refractivity contribution in [2.75, 3.05) is 37.7 Å². The first kappa shape index (κ1) is 19.4. The number of ether oxygens (including phenoxy) is 1. The Morgan fingerprint density at radius 2 is 2.19 bits per heavy atom. The Labute approximate surface area is 155 Å². The Kier molecular flexibility index (Phi) is 6.37. The van der Waals surface area contributed by atoms with Gasteiger partial charge in [-0.05, 0) is 38.3 Å². The molecular weight excluding hydrogens is 356 g/mol. The number of rotatable bonds is 8. The van der Waals surface area contributed by atoms with Crippen LogP contribution in [0.4, 0.5) is 0 Å². The molecule has 1 aromatic heterocycles. The first-order chi connectivity index (χ1) is 12.5. The molecule has 2 atom stereocenters. The van der Waals surface area contributed by atoms with E-state index in [9.17, 15) is 13.2 Å². The molecule has 1 aromatic rings. The highest BCUT2D eigenvalue weighted by atomic mass is 32.2. The largest absolute Gasteiger partial charge is 0.468 e. The lowest BCUT2D eigenvalue weighted by atomic mass is 10.2. The summed E-state index contributed by atoms with van der Waals surface area (Å²) in [6.45, 7) is 4.65. The zero-order valence-electron chi connectivity index (χ0n) is 15.3. The van der Waals surface area contributed by atoms with Crippen LogP contribution in [0.2, 0.25) is 0 Å². The smallest absolute Gasteiger partial charge is 0.237 e. The molecule has 8 heteroatoms. The number of hydrogen-bond donors (Lipinski definition) is 0. The maximum absolute atomic E-state index is 12.9. The molecule has 2 saturated heterocycles. The van der Waals surface area contributed by atoms with E-state index in [-0.39, 0.29) is 36.1 Å². The van der Waals surface area contributed by atoms with Crippen LogP contribution in [0.25, 0.3) is 0 Å². The summed E-state index contributed by atoms with van der Waals surface area (Å²) in [7, 11) is -3.01. The Morgan fingerprint density at radius 3 is 2.77 bits per heavy atom.